The number of anilines is 1. The zero-order valence-corrected chi connectivity index (χ0v) is 11.5. The molecule has 0 aromatic carbocycles. The molecule has 0 saturated heterocycles. The van der Waals surface area contributed by atoms with Gasteiger partial charge in [0.2, 0.25) is 5.91 Å². The Bertz CT molecular complexity index is 535. The maximum atomic E-state index is 11.7. The van der Waals surface area contributed by atoms with Crippen molar-refractivity contribution in [2.24, 2.45) is 11.7 Å². The molecule has 20 heavy (non-hydrogen) atoms. The van der Waals surface area contributed by atoms with Gasteiger partial charge in [0.05, 0.1) is 11.9 Å². The molecule has 0 radical (unpaired) electrons. The van der Waals surface area contributed by atoms with Crippen molar-refractivity contribution >= 4 is 11.6 Å². The number of hydrogen-bond acceptors (Lipinski definition) is 4. The van der Waals surface area contributed by atoms with E-state index in [2.05, 4.69) is 15.4 Å². The lowest BCUT2D eigenvalue weighted by Gasteiger charge is -2.09. The van der Waals surface area contributed by atoms with Crippen LogP contribution < -0.4 is 11.1 Å². The van der Waals surface area contributed by atoms with Gasteiger partial charge in [0.15, 0.2) is 5.82 Å². The van der Waals surface area contributed by atoms with E-state index in [1.54, 1.807) is 17.1 Å². The number of aromatic nitrogens is 3. The largest absolute Gasteiger partial charge is 0.330 e. The number of carbonyl (C=O) groups is 1. The van der Waals surface area contributed by atoms with Gasteiger partial charge < -0.3 is 11.1 Å². The second-order valence-electron chi connectivity index (χ2n) is 4.78. The molecule has 2 heterocycles. The quantitative estimate of drug-likeness (QED) is 0.836. The van der Waals surface area contributed by atoms with Crippen molar-refractivity contribution < 1.29 is 4.79 Å². The third-order valence-corrected chi connectivity index (χ3v) is 3.04. The molecular formula is C14H19N5O. The first kappa shape index (κ1) is 14.2. The third kappa shape index (κ3) is 3.89. The summed E-state index contributed by atoms with van der Waals surface area (Å²) in [5.74, 6) is 1.06. The standard InChI is InChI=1S/C14H19N5O/c1-11(9-15)3-6-14(20)18-12-4-5-13(16-10-12)19-8-2-7-17-19/h2,4-5,7-8,10-11H,3,6,9,15H2,1H3,(H,18,20). The normalized spacial score (nSPS) is 12.1. The first-order valence-electron chi connectivity index (χ1n) is 6.65. The van der Waals surface area contributed by atoms with Gasteiger partial charge in [-0.15, -0.1) is 0 Å². The summed E-state index contributed by atoms with van der Waals surface area (Å²) in [6.07, 6.45) is 6.40. The van der Waals surface area contributed by atoms with Gasteiger partial charge in [-0.05, 0) is 37.1 Å². The molecule has 0 spiro atoms. The van der Waals surface area contributed by atoms with Crippen molar-refractivity contribution in [3.63, 3.8) is 0 Å². The molecule has 2 aromatic heterocycles. The Morgan fingerprint density at radius 1 is 1.50 bits per heavy atom. The monoisotopic (exact) mass is 273 g/mol. The van der Waals surface area contributed by atoms with Crippen LogP contribution in [0.3, 0.4) is 0 Å². The van der Waals surface area contributed by atoms with Gasteiger partial charge in [0, 0.05) is 18.8 Å². The van der Waals surface area contributed by atoms with E-state index in [1.165, 1.54) is 0 Å². The van der Waals surface area contributed by atoms with Crippen molar-refractivity contribution in [3.8, 4) is 5.82 Å². The SMILES string of the molecule is CC(CN)CCC(=O)Nc1ccc(-n2cccn2)nc1. The van der Waals surface area contributed by atoms with Crippen molar-refractivity contribution in [2.45, 2.75) is 19.8 Å². The fourth-order valence-corrected chi connectivity index (χ4v) is 1.72. The molecule has 0 aliphatic heterocycles. The lowest BCUT2D eigenvalue weighted by atomic mass is 10.1. The minimum atomic E-state index is -0.0149. The second-order valence-corrected chi connectivity index (χ2v) is 4.78. The van der Waals surface area contributed by atoms with Crippen LogP contribution in [-0.2, 0) is 4.79 Å². The summed E-state index contributed by atoms with van der Waals surface area (Å²) >= 11 is 0. The van der Waals surface area contributed by atoms with Gasteiger partial charge in [0.1, 0.15) is 0 Å². The van der Waals surface area contributed by atoms with Gasteiger partial charge in [-0.2, -0.15) is 5.10 Å². The first-order chi connectivity index (χ1) is 9.69. The Balaban J connectivity index is 1.89. The Morgan fingerprint density at radius 2 is 2.35 bits per heavy atom. The van der Waals surface area contributed by atoms with Crippen molar-refractivity contribution in [3.05, 3.63) is 36.8 Å². The zero-order valence-electron chi connectivity index (χ0n) is 11.5. The molecule has 6 heteroatoms. The van der Waals surface area contributed by atoms with Crippen molar-refractivity contribution in [2.75, 3.05) is 11.9 Å². The van der Waals surface area contributed by atoms with Crippen LogP contribution in [0.25, 0.3) is 5.82 Å². The van der Waals surface area contributed by atoms with Gasteiger partial charge >= 0.3 is 0 Å². The third-order valence-electron chi connectivity index (χ3n) is 3.04. The molecule has 1 unspecified atom stereocenters. The maximum Gasteiger partial charge on any atom is 0.224 e. The molecule has 0 bridgehead atoms. The summed E-state index contributed by atoms with van der Waals surface area (Å²) < 4.78 is 1.66. The molecule has 1 amide bonds. The number of nitrogens with zero attached hydrogens (tertiary/aromatic N) is 3. The van der Waals surface area contributed by atoms with Crippen LogP contribution in [0, 0.1) is 5.92 Å². The van der Waals surface area contributed by atoms with E-state index < -0.39 is 0 Å². The first-order valence-corrected chi connectivity index (χ1v) is 6.65. The smallest absolute Gasteiger partial charge is 0.224 e. The molecule has 1 atom stereocenters. The van der Waals surface area contributed by atoms with Crippen molar-refractivity contribution in [1.82, 2.24) is 14.8 Å². The number of nitrogens with one attached hydrogen (secondary N) is 1. The van der Waals surface area contributed by atoms with Gasteiger partial charge in [0.25, 0.3) is 0 Å². The Morgan fingerprint density at radius 3 is 2.95 bits per heavy atom. The molecule has 2 aromatic rings. The average Bonchev–Trinajstić information content (AvgIpc) is 2.99. The number of nitrogens with two attached hydrogens (primary N) is 1. The number of pyridine rings is 1. The number of rotatable bonds is 6. The fourth-order valence-electron chi connectivity index (χ4n) is 1.72. The predicted octanol–water partition coefficient (Wildman–Crippen LogP) is 1.58. The predicted molar refractivity (Wildman–Crippen MR) is 77.4 cm³/mol. The van der Waals surface area contributed by atoms with Gasteiger partial charge in [-0.1, -0.05) is 6.92 Å². The minimum Gasteiger partial charge on any atom is -0.330 e. The highest BCUT2D eigenvalue weighted by Crippen LogP contribution is 2.10. The van der Waals surface area contributed by atoms with Crippen molar-refractivity contribution in [1.29, 1.82) is 0 Å². The van der Waals surface area contributed by atoms with E-state index in [9.17, 15) is 4.79 Å². The zero-order chi connectivity index (χ0) is 14.4. The number of amides is 1. The molecule has 2 rings (SSSR count). The molecule has 0 aliphatic carbocycles. The number of carbonyl (C=O) groups excluding carboxylic acids is 1. The second kappa shape index (κ2) is 6.81. The van der Waals surface area contributed by atoms with Crippen LogP contribution in [0.1, 0.15) is 19.8 Å². The van der Waals surface area contributed by atoms with Crippen LogP contribution in [0.15, 0.2) is 36.8 Å². The molecular weight excluding hydrogens is 254 g/mol. The molecule has 6 nitrogen and oxygen atoms in total. The van der Waals surface area contributed by atoms with Crippen LogP contribution >= 0.6 is 0 Å². The average molecular weight is 273 g/mol. The lowest BCUT2D eigenvalue weighted by molar-refractivity contribution is -0.116. The summed E-state index contributed by atoms with van der Waals surface area (Å²) in [7, 11) is 0. The molecule has 0 fully saturated rings. The van der Waals surface area contributed by atoms with Crippen LogP contribution in [0.2, 0.25) is 0 Å². The Kier molecular flexibility index (Phi) is 4.84. The Labute approximate surface area is 118 Å². The minimum absolute atomic E-state index is 0.0149. The fraction of sp³-hybridized carbons (Fsp3) is 0.357. The van der Waals surface area contributed by atoms with E-state index >= 15 is 0 Å². The lowest BCUT2D eigenvalue weighted by Crippen LogP contribution is -2.16. The van der Waals surface area contributed by atoms with E-state index in [0.717, 1.165) is 6.42 Å². The van der Waals surface area contributed by atoms with E-state index in [0.29, 0.717) is 30.4 Å². The highest BCUT2D eigenvalue weighted by Gasteiger charge is 2.06. The van der Waals surface area contributed by atoms with Gasteiger partial charge in [-0.25, -0.2) is 9.67 Å². The van der Waals surface area contributed by atoms with E-state index in [4.69, 9.17) is 5.73 Å². The molecule has 0 saturated carbocycles. The summed E-state index contributed by atoms with van der Waals surface area (Å²) in [4.78, 5) is 16.0. The summed E-state index contributed by atoms with van der Waals surface area (Å²) in [6.45, 7) is 2.64. The maximum absolute atomic E-state index is 11.7. The summed E-state index contributed by atoms with van der Waals surface area (Å²) in [6, 6.07) is 5.45. The molecule has 106 valence electrons. The summed E-state index contributed by atoms with van der Waals surface area (Å²) in [5, 5.41) is 6.91. The van der Waals surface area contributed by atoms with Crippen LogP contribution in [0.5, 0.6) is 0 Å². The molecule has 3 N–H and O–H groups in total. The van der Waals surface area contributed by atoms with E-state index in [-0.39, 0.29) is 5.91 Å². The van der Waals surface area contributed by atoms with Crippen LogP contribution in [-0.4, -0.2) is 27.2 Å². The van der Waals surface area contributed by atoms with Gasteiger partial charge in [-0.3, -0.25) is 4.79 Å². The van der Waals surface area contributed by atoms with E-state index in [1.807, 2.05) is 31.3 Å². The Hall–Kier alpha value is -2.21. The highest BCUT2D eigenvalue weighted by molar-refractivity contribution is 5.90. The number of hydrogen-bond donors (Lipinski definition) is 2. The summed E-state index contributed by atoms with van der Waals surface area (Å²) in [5.41, 5.74) is 6.21. The molecule has 0 aliphatic rings. The topological polar surface area (TPSA) is 85.8 Å². The highest BCUT2D eigenvalue weighted by atomic mass is 16.1. The van der Waals surface area contributed by atoms with Crippen LogP contribution in [0.4, 0.5) is 5.69 Å².